The van der Waals surface area contributed by atoms with Crippen LogP contribution in [0.4, 0.5) is 0 Å². The molecule has 0 bridgehead atoms. The summed E-state index contributed by atoms with van der Waals surface area (Å²) in [4.78, 5) is 1.49. The molecule has 0 nitrogen and oxygen atoms in total. The van der Waals surface area contributed by atoms with E-state index in [2.05, 4.69) is 24.5 Å². The van der Waals surface area contributed by atoms with E-state index in [0.29, 0.717) is 0 Å². The lowest BCUT2D eigenvalue weighted by Crippen LogP contribution is -1.92. The Hall–Kier alpha value is -0.560. The van der Waals surface area contributed by atoms with Crippen LogP contribution in [0.3, 0.4) is 0 Å². The molecule has 0 N–H and O–H groups in total. The quantitative estimate of drug-likeness (QED) is 0.597. The zero-order valence-electron chi connectivity index (χ0n) is 6.76. The van der Waals surface area contributed by atoms with Crippen molar-refractivity contribution in [2.45, 2.75) is 26.2 Å². The Kier molecular flexibility index (Phi) is 1.82. The second-order valence-corrected chi connectivity index (χ2v) is 3.81. The van der Waals surface area contributed by atoms with Crippen LogP contribution in [0.5, 0.6) is 0 Å². The lowest BCUT2D eigenvalue weighted by molar-refractivity contribution is 0.961. The smallest absolute Gasteiger partial charge is 0.0302 e. The molecular formula is C10H12S. The van der Waals surface area contributed by atoms with E-state index in [0.717, 1.165) is 0 Å². The van der Waals surface area contributed by atoms with Crippen molar-refractivity contribution in [2.75, 3.05) is 0 Å². The average Bonchev–Trinajstić information content (AvgIpc) is 2.47. The summed E-state index contributed by atoms with van der Waals surface area (Å²) >= 11 is 1.89. The number of rotatable bonds is 1. The summed E-state index contributed by atoms with van der Waals surface area (Å²) in [7, 11) is 0. The Morgan fingerprint density at radius 2 is 2.45 bits per heavy atom. The van der Waals surface area contributed by atoms with Gasteiger partial charge in [0, 0.05) is 4.88 Å². The summed E-state index contributed by atoms with van der Waals surface area (Å²) in [6, 6.07) is 0. The maximum absolute atomic E-state index is 2.31. The fraction of sp³-hybridized carbons (Fsp3) is 0.400. The molecule has 1 aliphatic rings. The number of allylic oxidation sites excluding steroid dienone is 1. The molecule has 0 radical (unpaired) electrons. The van der Waals surface area contributed by atoms with Gasteiger partial charge >= 0.3 is 0 Å². The molecular weight excluding hydrogens is 152 g/mol. The Labute approximate surface area is 71.6 Å². The highest BCUT2D eigenvalue weighted by molar-refractivity contribution is 7.11. The lowest BCUT2D eigenvalue weighted by Gasteiger charge is -2.05. The predicted molar refractivity (Wildman–Crippen MR) is 51.1 cm³/mol. The third-order valence-corrected chi connectivity index (χ3v) is 3.26. The van der Waals surface area contributed by atoms with Gasteiger partial charge in [0.05, 0.1) is 0 Å². The van der Waals surface area contributed by atoms with Crippen LogP contribution in [0, 0.1) is 0 Å². The second kappa shape index (κ2) is 2.82. The monoisotopic (exact) mass is 164 g/mol. The number of aryl methyl sites for hydroxylation is 1. The normalized spacial score (nSPS) is 15.0. The predicted octanol–water partition coefficient (Wildman–Crippen LogP) is 3.27. The zero-order chi connectivity index (χ0) is 7.68. The summed E-state index contributed by atoms with van der Waals surface area (Å²) in [6.07, 6.45) is 8.23. The van der Waals surface area contributed by atoms with Gasteiger partial charge in [-0.2, -0.15) is 0 Å². The SMILES string of the molecule is CCc1csc2c1CCC=C2. The molecule has 1 heterocycles. The molecule has 0 atom stereocenters. The van der Waals surface area contributed by atoms with Crippen LogP contribution >= 0.6 is 11.3 Å². The molecule has 0 aromatic carbocycles. The Morgan fingerprint density at radius 3 is 3.27 bits per heavy atom. The van der Waals surface area contributed by atoms with Gasteiger partial charge in [0.1, 0.15) is 0 Å². The minimum Gasteiger partial charge on any atom is -0.144 e. The number of fused-ring (bicyclic) bond motifs is 1. The number of thiophene rings is 1. The minimum atomic E-state index is 1.19. The van der Waals surface area contributed by atoms with E-state index in [-0.39, 0.29) is 0 Å². The van der Waals surface area contributed by atoms with Crippen molar-refractivity contribution < 1.29 is 0 Å². The third-order valence-electron chi connectivity index (χ3n) is 2.22. The van der Waals surface area contributed by atoms with E-state index in [1.54, 1.807) is 11.1 Å². The van der Waals surface area contributed by atoms with E-state index in [1.807, 2.05) is 11.3 Å². The van der Waals surface area contributed by atoms with Crippen LogP contribution in [-0.4, -0.2) is 0 Å². The van der Waals surface area contributed by atoms with Gasteiger partial charge in [0.25, 0.3) is 0 Å². The van der Waals surface area contributed by atoms with Crippen molar-refractivity contribution in [2.24, 2.45) is 0 Å². The maximum Gasteiger partial charge on any atom is 0.0302 e. The minimum absolute atomic E-state index is 1.19. The first-order valence-electron chi connectivity index (χ1n) is 4.17. The van der Waals surface area contributed by atoms with Crippen LogP contribution in [0.1, 0.15) is 29.3 Å². The van der Waals surface area contributed by atoms with Gasteiger partial charge in [0.2, 0.25) is 0 Å². The Morgan fingerprint density at radius 1 is 1.55 bits per heavy atom. The van der Waals surface area contributed by atoms with Crippen molar-refractivity contribution >= 4 is 17.4 Å². The summed E-state index contributed by atoms with van der Waals surface area (Å²) < 4.78 is 0. The summed E-state index contributed by atoms with van der Waals surface area (Å²) in [6.45, 7) is 2.24. The van der Waals surface area contributed by atoms with Gasteiger partial charge in [-0.1, -0.05) is 13.0 Å². The van der Waals surface area contributed by atoms with Gasteiger partial charge in [-0.05, 0) is 41.8 Å². The Bertz CT molecular complexity index is 281. The molecule has 11 heavy (non-hydrogen) atoms. The molecule has 0 saturated carbocycles. The molecule has 58 valence electrons. The lowest BCUT2D eigenvalue weighted by atomic mass is 10.00. The second-order valence-electron chi connectivity index (χ2n) is 2.90. The van der Waals surface area contributed by atoms with E-state index in [4.69, 9.17) is 0 Å². The van der Waals surface area contributed by atoms with Crippen LogP contribution in [0.25, 0.3) is 6.08 Å². The van der Waals surface area contributed by atoms with E-state index < -0.39 is 0 Å². The molecule has 1 aromatic rings. The molecule has 0 spiro atoms. The summed E-state index contributed by atoms with van der Waals surface area (Å²) in [5.41, 5.74) is 3.18. The van der Waals surface area contributed by atoms with Crippen molar-refractivity contribution in [1.82, 2.24) is 0 Å². The number of hydrogen-bond acceptors (Lipinski definition) is 1. The summed E-state index contributed by atoms with van der Waals surface area (Å²) in [5.74, 6) is 0. The van der Waals surface area contributed by atoms with Crippen molar-refractivity contribution in [3.8, 4) is 0 Å². The number of hydrogen-bond donors (Lipinski definition) is 0. The maximum atomic E-state index is 2.31. The fourth-order valence-electron chi connectivity index (χ4n) is 1.57. The molecule has 1 aliphatic carbocycles. The fourth-order valence-corrected chi connectivity index (χ4v) is 2.70. The van der Waals surface area contributed by atoms with E-state index >= 15 is 0 Å². The Balaban J connectivity index is 2.47. The zero-order valence-corrected chi connectivity index (χ0v) is 7.58. The largest absolute Gasteiger partial charge is 0.144 e. The van der Waals surface area contributed by atoms with Crippen LogP contribution < -0.4 is 0 Å². The average molecular weight is 164 g/mol. The highest BCUT2D eigenvalue weighted by Crippen LogP contribution is 2.28. The van der Waals surface area contributed by atoms with Crippen LogP contribution in [-0.2, 0) is 12.8 Å². The van der Waals surface area contributed by atoms with Gasteiger partial charge in [0.15, 0.2) is 0 Å². The van der Waals surface area contributed by atoms with E-state index in [9.17, 15) is 0 Å². The van der Waals surface area contributed by atoms with Crippen molar-refractivity contribution in [1.29, 1.82) is 0 Å². The molecule has 0 saturated heterocycles. The first kappa shape index (κ1) is 7.11. The standard InChI is InChI=1S/C10H12S/c1-2-8-7-11-10-6-4-3-5-9(8)10/h4,6-7H,2-3,5H2,1H3. The third kappa shape index (κ3) is 1.14. The molecule has 2 rings (SSSR count). The first-order chi connectivity index (χ1) is 5.42. The highest BCUT2D eigenvalue weighted by atomic mass is 32.1. The van der Waals surface area contributed by atoms with Crippen molar-refractivity contribution in [3.63, 3.8) is 0 Å². The molecule has 0 amide bonds. The van der Waals surface area contributed by atoms with Gasteiger partial charge in [-0.15, -0.1) is 11.3 Å². The van der Waals surface area contributed by atoms with E-state index in [1.165, 1.54) is 24.1 Å². The molecule has 0 aliphatic heterocycles. The molecule has 1 heteroatoms. The van der Waals surface area contributed by atoms with Crippen LogP contribution in [0.2, 0.25) is 0 Å². The topological polar surface area (TPSA) is 0 Å². The van der Waals surface area contributed by atoms with Gasteiger partial charge in [-0.25, -0.2) is 0 Å². The van der Waals surface area contributed by atoms with Gasteiger partial charge in [-0.3, -0.25) is 0 Å². The molecule has 1 aromatic heterocycles. The molecule has 0 fully saturated rings. The van der Waals surface area contributed by atoms with Crippen molar-refractivity contribution in [3.05, 3.63) is 27.5 Å². The van der Waals surface area contributed by atoms with Crippen LogP contribution in [0.15, 0.2) is 11.5 Å². The molecule has 0 unspecified atom stereocenters. The first-order valence-corrected chi connectivity index (χ1v) is 5.05. The summed E-state index contributed by atoms with van der Waals surface area (Å²) in [5, 5.41) is 2.31. The van der Waals surface area contributed by atoms with Gasteiger partial charge < -0.3 is 0 Å². The highest BCUT2D eigenvalue weighted by Gasteiger charge is 2.09.